The molecule has 0 bridgehead atoms. The van der Waals surface area contributed by atoms with Gasteiger partial charge in [0.25, 0.3) is 5.91 Å². The Morgan fingerprint density at radius 2 is 2.31 bits per heavy atom. The molecule has 1 aromatic rings. The minimum absolute atomic E-state index is 0.0444. The molecule has 1 amide bonds. The van der Waals surface area contributed by atoms with Crippen molar-refractivity contribution in [2.45, 2.75) is 37.3 Å². The van der Waals surface area contributed by atoms with E-state index in [9.17, 15) is 9.18 Å². The number of pyridine rings is 1. The molecule has 0 radical (unpaired) electrons. The predicted molar refractivity (Wildman–Crippen MR) is 114 cm³/mol. The third kappa shape index (κ3) is 3.73. The molecule has 4 atom stereocenters. The number of nitrogens with one attached hydrogen (secondary N) is 1. The molecule has 0 saturated carbocycles. The summed E-state index contributed by atoms with van der Waals surface area (Å²) in [6.07, 6.45) is 2.17. The maximum atomic E-state index is 13.3. The highest BCUT2D eigenvalue weighted by molar-refractivity contribution is 8.13. The van der Waals surface area contributed by atoms with E-state index in [4.69, 9.17) is 15.5 Å². The molecule has 3 aliphatic heterocycles. The molecular formula is C19H24FN5O2S2. The molecule has 0 spiro atoms. The number of nitrogens with zero attached hydrogens (tertiary/aromatic N) is 3. The molecule has 4 rings (SSSR count). The van der Waals surface area contributed by atoms with Gasteiger partial charge in [0.05, 0.1) is 18.9 Å². The van der Waals surface area contributed by atoms with Crippen molar-refractivity contribution in [2.24, 2.45) is 16.6 Å². The van der Waals surface area contributed by atoms with Crippen LogP contribution in [0.3, 0.4) is 0 Å². The van der Waals surface area contributed by atoms with Gasteiger partial charge in [0.2, 0.25) is 0 Å². The van der Waals surface area contributed by atoms with E-state index in [1.54, 1.807) is 30.4 Å². The second-order valence-electron chi connectivity index (χ2n) is 7.68. The van der Waals surface area contributed by atoms with Crippen molar-refractivity contribution in [2.75, 3.05) is 19.4 Å². The van der Waals surface area contributed by atoms with E-state index in [0.717, 1.165) is 18.4 Å². The topological polar surface area (TPSA) is 92.8 Å². The van der Waals surface area contributed by atoms with Gasteiger partial charge in [-0.05, 0) is 31.9 Å². The number of ether oxygens (including phenoxy) is 1. The van der Waals surface area contributed by atoms with Crippen LogP contribution in [0, 0.1) is 18.7 Å². The molecule has 0 aliphatic carbocycles. The monoisotopic (exact) mass is 437 g/mol. The van der Waals surface area contributed by atoms with E-state index in [1.165, 1.54) is 6.07 Å². The molecule has 156 valence electrons. The van der Waals surface area contributed by atoms with Crippen LogP contribution in [0.5, 0.6) is 0 Å². The molecule has 3 aliphatic rings. The van der Waals surface area contributed by atoms with Crippen LogP contribution in [-0.4, -0.2) is 57.4 Å². The summed E-state index contributed by atoms with van der Waals surface area (Å²) < 4.78 is 19.3. The Hall–Kier alpha value is -1.78. The summed E-state index contributed by atoms with van der Waals surface area (Å²) in [4.78, 5) is 23.5. The average molecular weight is 438 g/mol. The quantitative estimate of drug-likeness (QED) is 0.749. The highest BCUT2D eigenvalue weighted by Gasteiger charge is 2.54. The van der Waals surface area contributed by atoms with E-state index in [1.807, 2.05) is 17.4 Å². The average Bonchev–Trinajstić information content (AvgIpc) is 3.03. The third-order valence-electron chi connectivity index (χ3n) is 5.64. The number of likely N-dealkylation sites (N-methyl/N-ethyl adjacent to an activating group) is 1. The number of hydrogen-bond donors (Lipinski definition) is 2. The van der Waals surface area contributed by atoms with Gasteiger partial charge < -0.3 is 20.7 Å². The third-order valence-corrected chi connectivity index (χ3v) is 7.94. The summed E-state index contributed by atoms with van der Waals surface area (Å²) >= 11 is 3.20. The van der Waals surface area contributed by atoms with E-state index in [2.05, 4.69) is 17.2 Å². The van der Waals surface area contributed by atoms with Gasteiger partial charge in [0, 0.05) is 24.1 Å². The number of hydrogen-bond acceptors (Lipinski definition) is 8. The summed E-state index contributed by atoms with van der Waals surface area (Å²) in [5.41, 5.74) is 6.33. The Bertz CT molecular complexity index is 895. The van der Waals surface area contributed by atoms with Crippen molar-refractivity contribution in [3.8, 4) is 0 Å². The number of carbonyl (C=O) groups is 1. The van der Waals surface area contributed by atoms with Gasteiger partial charge in [-0.15, -0.1) is 11.8 Å². The zero-order valence-electron chi connectivity index (χ0n) is 16.5. The Morgan fingerprint density at radius 1 is 1.52 bits per heavy atom. The van der Waals surface area contributed by atoms with Crippen LogP contribution in [0.1, 0.15) is 29.4 Å². The smallest absolute Gasteiger partial charge is 0.275 e. The minimum atomic E-state index is -0.464. The number of aliphatic imine (C=N–C) groups is 1. The van der Waals surface area contributed by atoms with Gasteiger partial charge in [0.15, 0.2) is 5.17 Å². The number of aromatic nitrogens is 1. The van der Waals surface area contributed by atoms with E-state index in [-0.39, 0.29) is 23.1 Å². The first kappa shape index (κ1) is 20.5. The molecule has 4 heterocycles. The second kappa shape index (κ2) is 7.81. The Balaban J connectivity index is 1.54. The van der Waals surface area contributed by atoms with Crippen LogP contribution in [0.25, 0.3) is 0 Å². The predicted octanol–water partition coefficient (Wildman–Crippen LogP) is 2.29. The minimum Gasteiger partial charge on any atom is -0.379 e. The standard InChI is InChI=1S/C19H24FN5O2S2/c1-10-4-13(20)6-22-15(10)16(26)23-14-8-28-17(25(14)3)19-9-27-11(2)5-12(19)7-29-18(21)24-19/h4,6,8,11-12,17H,5,7,9H2,1-3H3,(H2,21,24)(H,23,26)/t11-,12-,17?,19-/m0/s1. The number of halogens is 1. The van der Waals surface area contributed by atoms with E-state index < -0.39 is 11.4 Å². The first-order chi connectivity index (χ1) is 13.8. The van der Waals surface area contributed by atoms with Crippen LogP contribution in [0.4, 0.5) is 4.39 Å². The van der Waals surface area contributed by atoms with Crippen LogP contribution in [-0.2, 0) is 4.74 Å². The second-order valence-corrected chi connectivity index (χ2v) is 9.68. The summed E-state index contributed by atoms with van der Waals surface area (Å²) in [6, 6.07) is 1.30. The molecule has 0 aromatic carbocycles. The van der Waals surface area contributed by atoms with Crippen LogP contribution >= 0.6 is 23.5 Å². The van der Waals surface area contributed by atoms with Gasteiger partial charge >= 0.3 is 0 Å². The highest BCUT2D eigenvalue weighted by Crippen LogP contribution is 2.48. The number of carbonyl (C=O) groups excluding carboxylic acids is 1. The number of amides is 1. The number of aryl methyl sites for hydroxylation is 1. The summed E-state index contributed by atoms with van der Waals surface area (Å²) in [5, 5.41) is 5.35. The molecule has 3 N–H and O–H groups in total. The highest BCUT2D eigenvalue weighted by atomic mass is 32.2. The summed E-state index contributed by atoms with van der Waals surface area (Å²) in [5.74, 6) is 1.08. The van der Waals surface area contributed by atoms with Gasteiger partial charge in [-0.2, -0.15) is 0 Å². The zero-order valence-corrected chi connectivity index (χ0v) is 18.1. The Kier molecular flexibility index (Phi) is 5.52. The van der Waals surface area contributed by atoms with Crippen molar-refractivity contribution in [3.05, 3.63) is 40.6 Å². The van der Waals surface area contributed by atoms with E-state index >= 15 is 0 Å². The van der Waals surface area contributed by atoms with Crippen LogP contribution in [0.2, 0.25) is 0 Å². The lowest BCUT2D eigenvalue weighted by molar-refractivity contribution is -0.0552. The molecular weight excluding hydrogens is 413 g/mol. The van der Waals surface area contributed by atoms with E-state index in [0.29, 0.717) is 29.1 Å². The van der Waals surface area contributed by atoms with Crippen LogP contribution < -0.4 is 11.1 Å². The molecule has 1 fully saturated rings. The number of amidine groups is 1. The number of fused-ring (bicyclic) bond motifs is 1. The van der Waals surface area contributed by atoms with Gasteiger partial charge in [-0.1, -0.05) is 11.8 Å². The molecule has 1 aromatic heterocycles. The lowest BCUT2D eigenvalue weighted by atomic mass is 9.79. The summed E-state index contributed by atoms with van der Waals surface area (Å²) in [7, 11) is 1.93. The first-order valence-corrected chi connectivity index (χ1v) is 11.3. The molecule has 10 heteroatoms. The maximum Gasteiger partial charge on any atom is 0.275 e. The SMILES string of the molecule is Cc1cc(F)cnc1C(=O)NC1=CSC([C@]23CO[C@@H](C)C[C@H]2CSC(N)=N3)N1C. The van der Waals surface area contributed by atoms with Gasteiger partial charge in [0.1, 0.15) is 28.2 Å². The van der Waals surface area contributed by atoms with Crippen molar-refractivity contribution in [1.29, 1.82) is 0 Å². The largest absolute Gasteiger partial charge is 0.379 e. The first-order valence-electron chi connectivity index (χ1n) is 9.42. The number of rotatable bonds is 3. The van der Waals surface area contributed by atoms with Gasteiger partial charge in [-0.25, -0.2) is 9.37 Å². The maximum absolute atomic E-state index is 13.3. The lowest BCUT2D eigenvalue weighted by Gasteiger charge is -2.50. The lowest BCUT2D eigenvalue weighted by Crippen LogP contribution is -2.61. The Labute approximate surface area is 177 Å². The molecule has 7 nitrogen and oxygen atoms in total. The molecule has 29 heavy (non-hydrogen) atoms. The van der Waals surface area contributed by atoms with Gasteiger partial charge in [-0.3, -0.25) is 9.79 Å². The zero-order chi connectivity index (χ0) is 20.8. The number of thioether (sulfide) groups is 2. The molecule has 1 saturated heterocycles. The van der Waals surface area contributed by atoms with Crippen molar-refractivity contribution in [3.63, 3.8) is 0 Å². The Morgan fingerprint density at radius 3 is 3.07 bits per heavy atom. The fourth-order valence-electron chi connectivity index (χ4n) is 4.11. The van der Waals surface area contributed by atoms with Crippen molar-refractivity contribution < 1.29 is 13.9 Å². The normalized spacial score (nSPS) is 31.7. The fraction of sp³-hybridized carbons (Fsp3) is 0.526. The van der Waals surface area contributed by atoms with Crippen LogP contribution in [0.15, 0.2) is 28.5 Å². The van der Waals surface area contributed by atoms with Crippen molar-refractivity contribution >= 4 is 34.6 Å². The molecule has 1 unspecified atom stereocenters. The van der Waals surface area contributed by atoms with Crippen molar-refractivity contribution in [1.82, 2.24) is 15.2 Å². The summed E-state index contributed by atoms with van der Waals surface area (Å²) in [6.45, 7) is 4.25. The number of nitrogens with two attached hydrogens (primary N) is 1. The fourth-order valence-corrected chi connectivity index (χ4v) is 6.47.